The summed E-state index contributed by atoms with van der Waals surface area (Å²) in [5.74, 6) is -0.305. The number of carbonyl (C=O) groups excluding carboxylic acids is 1. The van der Waals surface area contributed by atoms with Gasteiger partial charge in [-0.05, 0) is 47.5 Å². The second kappa shape index (κ2) is 8.75. The van der Waals surface area contributed by atoms with E-state index in [2.05, 4.69) is 15.0 Å². The third-order valence-electron chi connectivity index (χ3n) is 3.52. The number of sulfonamides is 1. The smallest absolute Gasteiger partial charge is 0.259 e. The van der Waals surface area contributed by atoms with Crippen LogP contribution < -0.4 is 10.0 Å². The molecule has 1 amide bonds. The van der Waals surface area contributed by atoms with Gasteiger partial charge in [-0.25, -0.2) is 18.1 Å². The summed E-state index contributed by atoms with van der Waals surface area (Å²) < 4.78 is 33.1. The van der Waals surface area contributed by atoms with Gasteiger partial charge in [0.15, 0.2) is 10.2 Å². The molecule has 150 valence electrons. The van der Waals surface area contributed by atoms with Crippen molar-refractivity contribution >= 4 is 32.4 Å². The standard InChI is InChI=1S/C16H29N3O5S2/c1-11-13(19-14(25-11)18-12(2)20)26(22,23)17-9-7-16(5,6)24-10-8-15(3,4)21/h17,21H,7-10H2,1-6H3,(H,18,19,20). The molecule has 1 aromatic heterocycles. The van der Waals surface area contributed by atoms with Crippen molar-refractivity contribution in [3.8, 4) is 0 Å². The SMILES string of the molecule is CC(=O)Nc1nc(S(=O)(=O)NCCC(C)(C)OCCC(C)(C)O)c(C)s1. The summed E-state index contributed by atoms with van der Waals surface area (Å²) in [6.45, 7) is 10.7. The lowest BCUT2D eigenvalue weighted by molar-refractivity contribution is -0.114. The molecule has 8 nitrogen and oxygen atoms in total. The van der Waals surface area contributed by atoms with Crippen molar-refractivity contribution in [3.05, 3.63) is 4.88 Å². The van der Waals surface area contributed by atoms with E-state index < -0.39 is 21.2 Å². The number of hydrogen-bond acceptors (Lipinski definition) is 7. The van der Waals surface area contributed by atoms with E-state index in [1.54, 1.807) is 20.8 Å². The Hall–Kier alpha value is -1.07. The van der Waals surface area contributed by atoms with Crippen LogP contribution in [0.2, 0.25) is 0 Å². The summed E-state index contributed by atoms with van der Waals surface area (Å²) in [5.41, 5.74) is -1.34. The maximum atomic E-state index is 12.4. The molecular weight excluding hydrogens is 378 g/mol. The highest BCUT2D eigenvalue weighted by atomic mass is 32.2. The first-order valence-electron chi connectivity index (χ1n) is 8.33. The number of aromatic nitrogens is 1. The van der Waals surface area contributed by atoms with Crippen LogP contribution in [0.15, 0.2) is 5.03 Å². The predicted molar refractivity (Wildman–Crippen MR) is 102 cm³/mol. The Balaban J connectivity index is 2.60. The molecule has 0 aromatic carbocycles. The van der Waals surface area contributed by atoms with Gasteiger partial charge in [0, 0.05) is 18.3 Å². The molecule has 26 heavy (non-hydrogen) atoms. The van der Waals surface area contributed by atoms with Gasteiger partial charge in [0.25, 0.3) is 10.0 Å². The average molecular weight is 408 g/mol. The molecule has 0 atom stereocenters. The van der Waals surface area contributed by atoms with Crippen LogP contribution in [0.3, 0.4) is 0 Å². The summed E-state index contributed by atoms with van der Waals surface area (Å²) in [5, 5.41) is 12.4. The monoisotopic (exact) mass is 407 g/mol. The highest BCUT2D eigenvalue weighted by Gasteiger charge is 2.25. The lowest BCUT2D eigenvalue weighted by Gasteiger charge is -2.27. The van der Waals surface area contributed by atoms with Crippen LogP contribution in [0.5, 0.6) is 0 Å². The first kappa shape index (κ1) is 23.0. The number of carbonyl (C=O) groups is 1. The first-order valence-corrected chi connectivity index (χ1v) is 10.6. The molecule has 1 rings (SSSR count). The molecule has 0 aliphatic rings. The lowest BCUT2D eigenvalue weighted by Crippen LogP contribution is -2.34. The Labute approximate surface area is 159 Å². The molecule has 0 radical (unpaired) electrons. The Morgan fingerprint density at radius 2 is 1.88 bits per heavy atom. The third-order valence-corrected chi connectivity index (χ3v) is 6.02. The highest BCUT2D eigenvalue weighted by Crippen LogP contribution is 2.25. The molecule has 0 spiro atoms. The maximum absolute atomic E-state index is 12.4. The topological polar surface area (TPSA) is 118 Å². The number of amides is 1. The van der Waals surface area contributed by atoms with E-state index in [4.69, 9.17) is 4.74 Å². The van der Waals surface area contributed by atoms with Gasteiger partial charge < -0.3 is 15.2 Å². The van der Waals surface area contributed by atoms with Gasteiger partial charge in [-0.15, -0.1) is 11.3 Å². The molecule has 0 aliphatic heterocycles. The van der Waals surface area contributed by atoms with E-state index in [1.807, 2.05) is 13.8 Å². The van der Waals surface area contributed by atoms with Crippen LogP contribution >= 0.6 is 11.3 Å². The maximum Gasteiger partial charge on any atom is 0.259 e. The van der Waals surface area contributed by atoms with Gasteiger partial charge in [0.1, 0.15) is 0 Å². The Morgan fingerprint density at radius 3 is 2.42 bits per heavy atom. The van der Waals surface area contributed by atoms with E-state index in [0.717, 1.165) is 11.3 Å². The van der Waals surface area contributed by atoms with Crippen molar-refractivity contribution in [2.45, 2.75) is 70.6 Å². The second-order valence-electron chi connectivity index (χ2n) is 7.38. The van der Waals surface area contributed by atoms with Crippen LogP contribution in [0.25, 0.3) is 0 Å². The lowest BCUT2D eigenvalue weighted by atomic mass is 10.0. The van der Waals surface area contributed by atoms with E-state index in [9.17, 15) is 18.3 Å². The number of ether oxygens (including phenoxy) is 1. The number of nitrogens with one attached hydrogen (secondary N) is 2. The van der Waals surface area contributed by atoms with E-state index in [-0.39, 0.29) is 22.6 Å². The number of aliphatic hydroxyl groups is 1. The first-order chi connectivity index (χ1) is 11.7. The average Bonchev–Trinajstić information content (AvgIpc) is 2.77. The van der Waals surface area contributed by atoms with Crippen LogP contribution in [0, 0.1) is 6.92 Å². The minimum atomic E-state index is -3.77. The van der Waals surface area contributed by atoms with E-state index in [1.165, 1.54) is 6.92 Å². The molecular formula is C16H29N3O5S2. The summed E-state index contributed by atoms with van der Waals surface area (Å²) >= 11 is 1.11. The molecule has 0 aliphatic carbocycles. The minimum Gasteiger partial charge on any atom is -0.390 e. The van der Waals surface area contributed by atoms with Gasteiger partial charge in [0.05, 0.1) is 17.8 Å². The van der Waals surface area contributed by atoms with Crippen molar-refractivity contribution in [2.24, 2.45) is 0 Å². The predicted octanol–water partition coefficient (Wildman–Crippen LogP) is 2.03. The molecule has 0 fully saturated rings. The fourth-order valence-electron chi connectivity index (χ4n) is 2.04. The Kier molecular flexibility index (Phi) is 7.73. The van der Waals surface area contributed by atoms with Gasteiger partial charge >= 0.3 is 0 Å². The third kappa shape index (κ3) is 8.09. The molecule has 1 heterocycles. The number of anilines is 1. The largest absolute Gasteiger partial charge is 0.390 e. The zero-order chi connectivity index (χ0) is 20.2. The van der Waals surface area contributed by atoms with Crippen LogP contribution in [0.4, 0.5) is 5.13 Å². The summed E-state index contributed by atoms with van der Waals surface area (Å²) in [6.07, 6.45) is 0.950. The molecule has 0 bridgehead atoms. The zero-order valence-corrected chi connectivity index (χ0v) is 17.8. The number of rotatable bonds is 10. The van der Waals surface area contributed by atoms with Crippen molar-refractivity contribution in [1.82, 2.24) is 9.71 Å². The van der Waals surface area contributed by atoms with Gasteiger partial charge in [-0.1, -0.05) is 0 Å². The normalized spacial score (nSPS) is 13.0. The summed E-state index contributed by atoms with van der Waals surface area (Å²) in [7, 11) is -3.77. The van der Waals surface area contributed by atoms with Crippen molar-refractivity contribution in [3.63, 3.8) is 0 Å². The molecule has 0 saturated carbocycles. The summed E-state index contributed by atoms with van der Waals surface area (Å²) in [4.78, 5) is 15.6. The minimum absolute atomic E-state index is 0.0768. The molecule has 1 aromatic rings. The highest BCUT2D eigenvalue weighted by molar-refractivity contribution is 7.89. The van der Waals surface area contributed by atoms with Crippen molar-refractivity contribution in [1.29, 1.82) is 0 Å². The summed E-state index contributed by atoms with van der Waals surface area (Å²) in [6, 6.07) is 0. The molecule has 10 heteroatoms. The van der Waals surface area contributed by atoms with Crippen molar-refractivity contribution < 1.29 is 23.1 Å². The van der Waals surface area contributed by atoms with Gasteiger partial charge in [-0.3, -0.25) is 4.79 Å². The zero-order valence-electron chi connectivity index (χ0n) is 16.2. The second-order valence-corrected chi connectivity index (χ2v) is 10.3. The Morgan fingerprint density at radius 1 is 1.27 bits per heavy atom. The van der Waals surface area contributed by atoms with Crippen LogP contribution in [-0.2, 0) is 19.6 Å². The van der Waals surface area contributed by atoms with Gasteiger partial charge in [-0.2, -0.15) is 0 Å². The molecule has 0 unspecified atom stereocenters. The van der Waals surface area contributed by atoms with Crippen LogP contribution in [-0.4, -0.2) is 48.8 Å². The Bertz CT molecular complexity index is 721. The number of hydrogen-bond donors (Lipinski definition) is 3. The molecule has 0 saturated heterocycles. The fourth-order valence-corrected chi connectivity index (χ4v) is 4.40. The molecule has 3 N–H and O–H groups in total. The van der Waals surface area contributed by atoms with E-state index >= 15 is 0 Å². The number of thiazole rings is 1. The van der Waals surface area contributed by atoms with Gasteiger partial charge in [0.2, 0.25) is 5.91 Å². The van der Waals surface area contributed by atoms with Crippen molar-refractivity contribution in [2.75, 3.05) is 18.5 Å². The van der Waals surface area contributed by atoms with Crippen LogP contribution in [0.1, 0.15) is 52.3 Å². The fraction of sp³-hybridized carbons (Fsp3) is 0.750. The quantitative estimate of drug-likeness (QED) is 0.546. The number of nitrogens with zero attached hydrogens (tertiary/aromatic N) is 1. The van der Waals surface area contributed by atoms with E-state index in [0.29, 0.717) is 24.3 Å². The number of aryl methyl sites for hydroxylation is 1.